The summed E-state index contributed by atoms with van der Waals surface area (Å²) in [5.74, 6) is -1.13. The van der Waals surface area contributed by atoms with E-state index >= 15 is 0 Å². The molecule has 0 atom stereocenters. The molecule has 3 rings (SSSR count). The number of anilines is 1. The van der Waals surface area contributed by atoms with Crippen molar-refractivity contribution in [2.24, 2.45) is 0 Å². The van der Waals surface area contributed by atoms with Crippen LogP contribution in [0.1, 0.15) is 5.56 Å². The smallest absolute Gasteiger partial charge is 0.294 e. The van der Waals surface area contributed by atoms with E-state index < -0.39 is 28.5 Å². The van der Waals surface area contributed by atoms with E-state index in [0.29, 0.717) is 5.69 Å². The number of nitrogens with one attached hydrogen (secondary N) is 1. The predicted molar refractivity (Wildman–Crippen MR) is 109 cm³/mol. The van der Waals surface area contributed by atoms with Crippen LogP contribution in [0.5, 0.6) is 0 Å². The number of imide groups is 1. The Labute approximate surface area is 171 Å². The van der Waals surface area contributed by atoms with E-state index in [1.807, 2.05) is 12.1 Å². The number of carbonyl (C=O) groups excluding carboxylic acids is 3. The molecule has 8 nitrogen and oxygen atoms in total. The van der Waals surface area contributed by atoms with Crippen molar-refractivity contribution in [2.45, 2.75) is 0 Å². The monoisotopic (exact) mass is 461 g/mol. The summed E-state index contributed by atoms with van der Waals surface area (Å²) in [5.41, 5.74) is 0.971. The molecule has 3 amide bonds. The van der Waals surface area contributed by atoms with Crippen LogP contribution in [0.15, 0.2) is 57.9 Å². The summed E-state index contributed by atoms with van der Waals surface area (Å²) in [5, 5.41) is 12.6. The molecule has 0 unspecified atom stereocenters. The summed E-state index contributed by atoms with van der Waals surface area (Å²) in [7, 11) is 0. The van der Waals surface area contributed by atoms with E-state index in [2.05, 4.69) is 21.2 Å². The molecule has 2 aromatic carbocycles. The Balaban J connectivity index is 1.65. The van der Waals surface area contributed by atoms with Gasteiger partial charge < -0.3 is 5.32 Å². The van der Waals surface area contributed by atoms with Crippen LogP contribution >= 0.6 is 27.7 Å². The SMILES string of the molecule is O=C(CN1C(=O)S/C(=C\c2ccc(Br)cc2)C1=O)Nc1ccc([N+](=O)[O-])cc1. The summed E-state index contributed by atoms with van der Waals surface area (Å²) in [6, 6.07) is 12.4. The molecule has 142 valence electrons. The number of rotatable bonds is 5. The van der Waals surface area contributed by atoms with Crippen molar-refractivity contribution in [3.8, 4) is 0 Å². The third-order valence-electron chi connectivity index (χ3n) is 3.70. The Morgan fingerprint density at radius 3 is 2.39 bits per heavy atom. The molecular weight excluding hydrogens is 450 g/mol. The fourth-order valence-corrected chi connectivity index (χ4v) is 3.46. The van der Waals surface area contributed by atoms with E-state index in [4.69, 9.17) is 0 Å². The van der Waals surface area contributed by atoms with Crippen LogP contribution in [0.25, 0.3) is 6.08 Å². The van der Waals surface area contributed by atoms with Gasteiger partial charge in [-0.15, -0.1) is 0 Å². The first-order valence-electron chi connectivity index (χ1n) is 7.89. The van der Waals surface area contributed by atoms with Crippen LogP contribution in [-0.4, -0.2) is 33.4 Å². The molecule has 1 heterocycles. The topological polar surface area (TPSA) is 110 Å². The Morgan fingerprint density at radius 1 is 1.14 bits per heavy atom. The van der Waals surface area contributed by atoms with Crippen molar-refractivity contribution in [3.05, 3.63) is 73.6 Å². The molecule has 0 aliphatic carbocycles. The summed E-state index contributed by atoms with van der Waals surface area (Å²) in [4.78, 5) is 47.9. The van der Waals surface area contributed by atoms with E-state index in [0.717, 1.165) is 26.7 Å². The Kier molecular flexibility index (Phi) is 5.90. The molecule has 0 radical (unpaired) electrons. The fourth-order valence-electron chi connectivity index (χ4n) is 2.36. The first-order chi connectivity index (χ1) is 13.3. The Morgan fingerprint density at radius 2 is 1.79 bits per heavy atom. The molecule has 1 aliphatic heterocycles. The van der Waals surface area contributed by atoms with Gasteiger partial charge in [0.15, 0.2) is 0 Å². The van der Waals surface area contributed by atoms with Gasteiger partial charge in [-0.1, -0.05) is 28.1 Å². The average Bonchev–Trinajstić information content (AvgIpc) is 2.91. The van der Waals surface area contributed by atoms with Crippen LogP contribution in [0.2, 0.25) is 0 Å². The maximum atomic E-state index is 12.4. The predicted octanol–water partition coefficient (Wildman–Crippen LogP) is 4.03. The van der Waals surface area contributed by atoms with Crippen LogP contribution < -0.4 is 5.32 Å². The normalized spacial score (nSPS) is 15.2. The van der Waals surface area contributed by atoms with Crippen LogP contribution in [0.3, 0.4) is 0 Å². The Hall–Kier alpha value is -2.98. The zero-order valence-corrected chi connectivity index (χ0v) is 16.5. The van der Waals surface area contributed by atoms with Crippen molar-refractivity contribution in [2.75, 3.05) is 11.9 Å². The molecular formula is C18H12BrN3O5S. The summed E-state index contributed by atoms with van der Waals surface area (Å²) in [6.45, 7) is -0.445. The number of nitro groups is 1. The summed E-state index contributed by atoms with van der Waals surface area (Å²) in [6.07, 6.45) is 1.59. The van der Waals surface area contributed by atoms with Crippen molar-refractivity contribution < 1.29 is 19.3 Å². The second-order valence-corrected chi connectivity index (χ2v) is 7.58. The maximum Gasteiger partial charge on any atom is 0.294 e. The third-order valence-corrected chi connectivity index (χ3v) is 5.14. The molecule has 10 heteroatoms. The van der Waals surface area contributed by atoms with Gasteiger partial charge in [-0.2, -0.15) is 0 Å². The molecule has 2 aromatic rings. The fraction of sp³-hybridized carbons (Fsp3) is 0.0556. The lowest BCUT2D eigenvalue weighted by Crippen LogP contribution is -2.36. The second kappa shape index (κ2) is 8.36. The van der Waals surface area contributed by atoms with E-state index in [1.54, 1.807) is 18.2 Å². The Bertz CT molecular complexity index is 989. The van der Waals surface area contributed by atoms with Gasteiger partial charge in [0.25, 0.3) is 16.8 Å². The van der Waals surface area contributed by atoms with Crippen LogP contribution in [0.4, 0.5) is 16.2 Å². The minimum atomic E-state index is -0.582. The largest absolute Gasteiger partial charge is 0.325 e. The number of non-ortho nitro benzene ring substituents is 1. The molecule has 0 aromatic heterocycles. The zero-order chi connectivity index (χ0) is 20.3. The van der Waals surface area contributed by atoms with Crippen molar-refractivity contribution >= 4 is 62.2 Å². The molecule has 1 saturated heterocycles. The van der Waals surface area contributed by atoms with E-state index in [9.17, 15) is 24.5 Å². The lowest BCUT2D eigenvalue weighted by molar-refractivity contribution is -0.384. The highest BCUT2D eigenvalue weighted by molar-refractivity contribution is 9.10. The number of hydrogen-bond donors (Lipinski definition) is 1. The van der Waals surface area contributed by atoms with Gasteiger partial charge in [0.2, 0.25) is 5.91 Å². The number of hydrogen-bond acceptors (Lipinski definition) is 6. The second-order valence-electron chi connectivity index (χ2n) is 5.67. The van der Waals surface area contributed by atoms with Crippen molar-refractivity contribution in [1.82, 2.24) is 4.90 Å². The van der Waals surface area contributed by atoms with Gasteiger partial charge >= 0.3 is 0 Å². The molecule has 0 spiro atoms. The number of nitro benzene ring substituents is 1. The van der Waals surface area contributed by atoms with Gasteiger partial charge in [0, 0.05) is 22.3 Å². The highest BCUT2D eigenvalue weighted by Crippen LogP contribution is 2.32. The quantitative estimate of drug-likeness (QED) is 0.408. The minimum Gasteiger partial charge on any atom is -0.325 e. The zero-order valence-electron chi connectivity index (χ0n) is 14.1. The average molecular weight is 462 g/mol. The van der Waals surface area contributed by atoms with Crippen LogP contribution in [-0.2, 0) is 9.59 Å². The molecule has 1 aliphatic rings. The molecule has 1 N–H and O–H groups in total. The number of halogens is 1. The maximum absolute atomic E-state index is 12.4. The molecule has 0 saturated carbocycles. The standard InChI is InChI=1S/C18H12BrN3O5S/c19-12-3-1-11(2-4-12)9-15-17(24)21(18(25)28-15)10-16(23)20-13-5-7-14(8-6-13)22(26)27/h1-9H,10H2,(H,20,23)/b15-9-. The number of thioether (sulfide) groups is 1. The van der Waals surface area contributed by atoms with Crippen molar-refractivity contribution in [3.63, 3.8) is 0 Å². The minimum absolute atomic E-state index is 0.109. The molecule has 28 heavy (non-hydrogen) atoms. The van der Waals surface area contributed by atoms with Crippen LogP contribution in [0, 0.1) is 10.1 Å². The van der Waals surface area contributed by atoms with E-state index in [1.165, 1.54) is 24.3 Å². The first-order valence-corrected chi connectivity index (χ1v) is 9.49. The highest BCUT2D eigenvalue weighted by atomic mass is 79.9. The lowest BCUT2D eigenvalue weighted by Gasteiger charge is -2.12. The van der Waals surface area contributed by atoms with Gasteiger partial charge in [-0.3, -0.25) is 29.4 Å². The van der Waals surface area contributed by atoms with Crippen molar-refractivity contribution in [1.29, 1.82) is 0 Å². The molecule has 1 fully saturated rings. The number of amides is 3. The summed E-state index contributed by atoms with van der Waals surface area (Å²) < 4.78 is 0.890. The third kappa shape index (κ3) is 4.65. The highest BCUT2D eigenvalue weighted by Gasteiger charge is 2.36. The van der Waals surface area contributed by atoms with Gasteiger partial charge in [0.1, 0.15) is 6.54 Å². The molecule has 0 bridgehead atoms. The number of carbonyl (C=O) groups is 3. The van der Waals surface area contributed by atoms with Gasteiger partial charge in [-0.25, -0.2) is 0 Å². The number of nitrogens with zero attached hydrogens (tertiary/aromatic N) is 2. The first kappa shape index (κ1) is 19.8. The van der Waals surface area contributed by atoms with Gasteiger partial charge in [-0.05, 0) is 47.7 Å². The van der Waals surface area contributed by atoms with E-state index in [-0.39, 0.29) is 10.6 Å². The lowest BCUT2D eigenvalue weighted by atomic mass is 10.2. The van der Waals surface area contributed by atoms with Gasteiger partial charge in [0.05, 0.1) is 9.83 Å². The number of benzene rings is 2. The summed E-state index contributed by atoms with van der Waals surface area (Å²) >= 11 is 4.09.